The molecule has 1 aromatic carbocycles. The van der Waals surface area contributed by atoms with Crippen LogP contribution < -0.4 is 0 Å². The highest BCUT2D eigenvalue weighted by Crippen LogP contribution is 2.15. The quantitative estimate of drug-likeness (QED) is 0.872. The number of nitrogens with zero attached hydrogens (tertiary/aromatic N) is 3. The molecule has 1 aliphatic heterocycles. The molecule has 1 amide bonds. The lowest BCUT2D eigenvalue weighted by atomic mass is 10.2. The molecule has 5 nitrogen and oxygen atoms in total. The third kappa shape index (κ3) is 3.48. The Balaban J connectivity index is 1.55. The molecule has 0 radical (unpaired) electrons. The van der Waals surface area contributed by atoms with Gasteiger partial charge in [0, 0.05) is 43.8 Å². The molecule has 0 N–H and O–H groups in total. The summed E-state index contributed by atoms with van der Waals surface area (Å²) in [6.45, 7) is 5.72. The summed E-state index contributed by atoms with van der Waals surface area (Å²) in [5.41, 5.74) is 1.92. The van der Waals surface area contributed by atoms with Crippen LogP contribution in [0.3, 0.4) is 0 Å². The summed E-state index contributed by atoms with van der Waals surface area (Å²) in [4.78, 5) is 16.4. The van der Waals surface area contributed by atoms with Gasteiger partial charge in [0.2, 0.25) is 5.76 Å². The Kier molecular flexibility index (Phi) is 4.45. The number of benzene rings is 1. The van der Waals surface area contributed by atoms with E-state index >= 15 is 0 Å². The van der Waals surface area contributed by atoms with Crippen molar-refractivity contribution < 1.29 is 9.32 Å². The van der Waals surface area contributed by atoms with E-state index < -0.39 is 0 Å². The zero-order valence-electron chi connectivity index (χ0n) is 12.5. The first-order valence-corrected chi connectivity index (χ1v) is 7.69. The first-order valence-electron chi connectivity index (χ1n) is 7.31. The van der Waals surface area contributed by atoms with Crippen LogP contribution in [0.15, 0.2) is 34.9 Å². The second kappa shape index (κ2) is 6.50. The maximum atomic E-state index is 12.3. The Bertz CT molecular complexity index is 663. The van der Waals surface area contributed by atoms with Crippen LogP contribution in [0.5, 0.6) is 0 Å². The van der Waals surface area contributed by atoms with Gasteiger partial charge in [-0.2, -0.15) is 0 Å². The van der Waals surface area contributed by atoms with Crippen molar-refractivity contribution in [2.45, 2.75) is 13.5 Å². The van der Waals surface area contributed by atoms with Gasteiger partial charge in [0.25, 0.3) is 5.91 Å². The van der Waals surface area contributed by atoms with Crippen molar-refractivity contribution >= 4 is 17.5 Å². The third-order valence-corrected chi connectivity index (χ3v) is 4.03. The van der Waals surface area contributed by atoms with Crippen molar-refractivity contribution in [1.82, 2.24) is 15.0 Å². The standard InChI is InChI=1S/C16H18ClN3O2/c1-12-9-15(22-18-12)16(21)20-7-5-19(6-8-20)11-13-3-2-4-14(17)10-13/h2-4,9-10H,5-8,11H2,1H3. The molecule has 22 heavy (non-hydrogen) atoms. The number of piperazine rings is 1. The molecule has 1 saturated heterocycles. The highest BCUT2D eigenvalue weighted by Gasteiger charge is 2.24. The smallest absolute Gasteiger partial charge is 0.292 e. The number of carbonyl (C=O) groups is 1. The predicted octanol–water partition coefficient (Wildman–Crippen LogP) is 2.59. The van der Waals surface area contributed by atoms with Crippen LogP contribution in [0.25, 0.3) is 0 Å². The molecule has 0 spiro atoms. The lowest BCUT2D eigenvalue weighted by Gasteiger charge is -2.34. The molecule has 2 heterocycles. The highest BCUT2D eigenvalue weighted by molar-refractivity contribution is 6.30. The van der Waals surface area contributed by atoms with E-state index in [-0.39, 0.29) is 5.91 Å². The summed E-state index contributed by atoms with van der Waals surface area (Å²) < 4.78 is 5.05. The van der Waals surface area contributed by atoms with Gasteiger partial charge in [-0.15, -0.1) is 0 Å². The van der Waals surface area contributed by atoms with Crippen LogP contribution >= 0.6 is 11.6 Å². The first kappa shape index (κ1) is 15.1. The molecule has 1 aliphatic rings. The van der Waals surface area contributed by atoms with Gasteiger partial charge in [-0.25, -0.2) is 0 Å². The molecule has 0 bridgehead atoms. The largest absolute Gasteiger partial charge is 0.351 e. The third-order valence-electron chi connectivity index (χ3n) is 3.79. The molecule has 0 unspecified atom stereocenters. The molecule has 1 fully saturated rings. The average Bonchev–Trinajstić information content (AvgIpc) is 2.94. The van der Waals surface area contributed by atoms with Gasteiger partial charge in [0.1, 0.15) is 0 Å². The summed E-state index contributed by atoms with van der Waals surface area (Å²) in [6, 6.07) is 9.57. The number of rotatable bonds is 3. The minimum Gasteiger partial charge on any atom is -0.351 e. The second-order valence-corrected chi connectivity index (χ2v) is 5.97. The normalized spacial score (nSPS) is 16.0. The van der Waals surface area contributed by atoms with Gasteiger partial charge in [0.15, 0.2) is 0 Å². The summed E-state index contributed by atoms with van der Waals surface area (Å²) in [7, 11) is 0. The van der Waals surface area contributed by atoms with Crippen LogP contribution in [0.4, 0.5) is 0 Å². The van der Waals surface area contributed by atoms with E-state index in [1.54, 1.807) is 6.07 Å². The maximum Gasteiger partial charge on any atom is 0.292 e. The van der Waals surface area contributed by atoms with E-state index in [1.807, 2.05) is 30.0 Å². The Hall–Kier alpha value is -1.85. The number of amides is 1. The van der Waals surface area contributed by atoms with Crippen LogP contribution in [-0.2, 0) is 6.54 Å². The number of hydrogen-bond acceptors (Lipinski definition) is 4. The van der Waals surface area contributed by atoms with E-state index in [0.717, 1.165) is 30.4 Å². The van der Waals surface area contributed by atoms with E-state index in [0.29, 0.717) is 18.8 Å². The molecular formula is C16H18ClN3O2. The highest BCUT2D eigenvalue weighted by atomic mass is 35.5. The zero-order chi connectivity index (χ0) is 15.5. The average molecular weight is 320 g/mol. The van der Waals surface area contributed by atoms with Gasteiger partial charge in [-0.05, 0) is 24.6 Å². The van der Waals surface area contributed by atoms with Crippen molar-refractivity contribution in [3.05, 3.63) is 52.4 Å². The summed E-state index contributed by atoms with van der Waals surface area (Å²) in [5.74, 6) is 0.240. The van der Waals surface area contributed by atoms with E-state index in [1.165, 1.54) is 5.56 Å². The fourth-order valence-corrected chi connectivity index (χ4v) is 2.84. The van der Waals surface area contributed by atoms with Gasteiger partial charge in [-0.1, -0.05) is 28.9 Å². The van der Waals surface area contributed by atoms with Gasteiger partial charge < -0.3 is 9.42 Å². The summed E-state index contributed by atoms with van der Waals surface area (Å²) in [6.07, 6.45) is 0. The zero-order valence-corrected chi connectivity index (χ0v) is 13.2. The molecule has 0 atom stereocenters. The molecule has 2 aromatic rings. The fourth-order valence-electron chi connectivity index (χ4n) is 2.62. The summed E-state index contributed by atoms with van der Waals surface area (Å²) in [5, 5.41) is 4.52. The molecular weight excluding hydrogens is 302 g/mol. The number of aryl methyl sites for hydroxylation is 1. The Morgan fingerprint density at radius 3 is 2.68 bits per heavy atom. The van der Waals surface area contributed by atoms with Crippen LogP contribution in [0.1, 0.15) is 21.8 Å². The van der Waals surface area contributed by atoms with Crippen molar-refractivity contribution in [3.8, 4) is 0 Å². The van der Waals surface area contributed by atoms with Crippen molar-refractivity contribution in [1.29, 1.82) is 0 Å². The maximum absolute atomic E-state index is 12.3. The van der Waals surface area contributed by atoms with Crippen molar-refractivity contribution in [3.63, 3.8) is 0 Å². The van der Waals surface area contributed by atoms with Gasteiger partial charge >= 0.3 is 0 Å². The molecule has 116 valence electrons. The van der Waals surface area contributed by atoms with E-state index in [2.05, 4.69) is 16.1 Å². The second-order valence-electron chi connectivity index (χ2n) is 5.53. The van der Waals surface area contributed by atoms with E-state index in [4.69, 9.17) is 16.1 Å². The number of carbonyl (C=O) groups excluding carboxylic acids is 1. The molecule has 0 aliphatic carbocycles. The first-order chi connectivity index (χ1) is 10.6. The Labute approximate surface area is 134 Å². The molecule has 0 saturated carbocycles. The predicted molar refractivity (Wildman–Crippen MR) is 83.9 cm³/mol. The van der Waals surface area contributed by atoms with Crippen molar-refractivity contribution in [2.75, 3.05) is 26.2 Å². The monoisotopic (exact) mass is 319 g/mol. The topological polar surface area (TPSA) is 49.6 Å². The number of aromatic nitrogens is 1. The Morgan fingerprint density at radius 2 is 2.05 bits per heavy atom. The number of hydrogen-bond donors (Lipinski definition) is 0. The van der Waals surface area contributed by atoms with Gasteiger partial charge in [-0.3, -0.25) is 9.69 Å². The van der Waals surface area contributed by atoms with Crippen LogP contribution in [0, 0.1) is 6.92 Å². The molecule has 6 heteroatoms. The molecule has 3 rings (SSSR count). The van der Waals surface area contributed by atoms with Crippen LogP contribution in [-0.4, -0.2) is 47.0 Å². The Morgan fingerprint density at radius 1 is 1.27 bits per heavy atom. The lowest BCUT2D eigenvalue weighted by Crippen LogP contribution is -2.48. The summed E-state index contributed by atoms with van der Waals surface area (Å²) >= 11 is 6.01. The minimum atomic E-state index is -0.0806. The van der Waals surface area contributed by atoms with Gasteiger partial charge in [0.05, 0.1) is 5.69 Å². The lowest BCUT2D eigenvalue weighted by molar-refractivity contribution is 0.0588. The SMILES string of the molecule is Cc1cc(C(=O)N2CCN(Cc3cccc(Cl)c3)CC2)on1. The van der Waals surface area contributed by atoms with E-state index in [9.17, 15) is 4.79 Å². The number of halogens is 1. The minimum absolute atomic E-state index is 0.0806. The van der Waals surface area contributed by atoms with Crippen LogP contribution in [0.2, 0.25) is 5.02 Å². The van der Waals surface area contributed by atoms with Crippen molar-refractivity contribution in [2.24, 2.45) is 0 Å². The fraction of sp³-hybridized carbons (Fsp3) is 0.375. The molecule has 1 aromatic heterocycles.